The Morgan fingerprint density at radius 2 is 1.26 bits per heavy atom. The SMILES string of the molecule is CCCCCCCCC=CCCCCCC(O)CC. The van der Waals surface area contributed by atoms with Crippen LogP contribution < -0.4 is 0 Å². The van der Waals surface area contributed by atoms with E-state index in [1.54, 1.807) is 0 Å². The Labute approximate surface area is 121 Å². The molecule has 0 fully saturated rings. The molecule has 0 rings (SSSR count). The topological polar surface area (TPSA) is 20.2 Å². The fraction of sp³-hybridized carbons (Fsp3) is 0.889. The molecule has 0 aromatic rings. The van der Waals surface area contributed by atoms with Crippen LogP contribution in [0.2, 0.25) is 0 Å². The number of unbranched alkanes of at least 4 members (excludes halogenated alkanes) is 9. The van der Waals surface area contributed by atoms with E-state index in [1.807, 2.05) is 0 Å². The quantitative estimate of drug-likeness (QED) is 0.302. The van der Waals surface area contributed by atoms with Crippen LogP contribution in [-0.4, -0.2) is 11.2 Å². The summed E-state index contributed by atoms with van der Waals surface area (Å²) in [7, 11) is 0. The molecule has 0 radical (unpaired) electrons. The van der Waals surface area contributed by atoms with Crippen molar-refractivity contribution in [2.45, 2.75) is 103 Å². The van der Waals surface area contributed by atoms with Gasteiger partial charge in [-0.15, -0.1) is 0 Å². The predicted octanol–water partition coefficient (Wildman–Crippen LogP) is 6.01. The molecule has 1 nitrogen and oxygen atoms in total. The van der Waals surface area contributed by atoms with Crippen LogP contribution in [0.5, 0.6) is 0 Å². The van der Waals surface area contributed by atoms with E-state index in [0.29, 0.717) is 0 Å². The maximum atomic E-state index is 9.42. The van der Waals surface area contributed by atoms with Gasteiger partial charge in [-0.1, -0.05) is 70.9 Å². The second kappa shape index (κ2) is 15.8. The summed E-state index contributed by atoms with van der Waals surface area (Å²) in [6, 6.07) is 0. The van der Waals surface area contributed by atoms with Crippen LogP contribution in [0.4, 0.5) is 0 Å². The molecule has 0 aromatic carbocycles. The molecule has 0 spiro atoms. The molecule has 0 aliphatic heterocycles. The number of hydrogen-bond donors (Lipinski definition) is 1. The van der Waals surface area contributed by atoms with E-state index < -0.39 is 0 Å². The minimum Gasteiger partial charge on any atom is -0.393 e. The van der Waals surface area contributed by atoms with Crippen molar-refractivity contribution in [1.29, 1.82) is 0 Å². The summed E-state index contributed by atoms with van der Waals surface area (Å²) in [4.78, 5) is 0. The van der Waals surface area contributed by atoms with Crippen LogP contribution in [0.25, 0.3) is 0 Å². The van der Waals surface area contributed by atoms with E-state index in [0.717, 1.165) is 12.8 Å². The van der Waals surface area contributed by atoms with Crippen molar-refractivity contribution in [2.75, 3.05) is 0 Å². The maximum absolute atomic E-state index is 9.42. The smallest absolute Gasteiger partial charge is 0.0537 e. The third-order valence-electron chi connectivity index (χ3n) is 3.77. The first kappa shape index (κ1) is 18.7. The lowest BCUT2D eigenvalue weighted by molar-refractivity contribution is 0.156. The third kappa shape index (κ3) is 15.6. The highest BCUT2D eigenvalue weighted by molar-refractivity contribution is 4.81. The largest absolute Gasteiger partial charge is 0.393 e. The van der Waals surface area contributed by atoms with Gasteiger partial charge in [-0.05, 0) is 38.5 Å². The van der Waals surface area contributed by atoms with Crippen molar-refractivity contribution in [3.05, 3.63) is 12.2 Å². The monoisotopic (exact) mass is 268 g/mol. The van der Waals surface area contributed by atoms with Gasteiger partial charge in [0.25, 0.3) is 0 Å². The van der Waals surface area contributed by atoms with Crippen LogP contribution in [0.15, 0.2) is 12.2 Å². The standard InChI is InChI=1S/C18H36O/c1-3-5-6-7-8-9-10-11-12-13-14-15-16-17-18(19)4-2/h11-12,18-19H,3-10,13-17H2,1-2H3. The first-order chi connectivity index (χ1) is 9.31. The molecule has 0 aliphatic rings. The summed E-state index contributed by atoms with van der Waals surface area (Å²) in [6.45, 7) is 4.32. The number of aliphatic hydroxyl groups is 1. The van der Waals surface area contributed by atoms with Crippen LogP contribution in [0, 0.1) is 0 Å². The highest BCUT2D eigenvalue weighted by atomic mass is 16.3. The summed E-state index contributed by atoms with van der Waals surface area (Å²) >= 11 is 0. The molecule has 0 aromatic heterocycles. The van der Waals surface area contributed by atoms with Gasteiger partial charge in [0.1, 0.15) is 0 Å². The van der Waals surface area contributed by atoms with E-state index in [1.165, 1.54) is 70.6 Å². The van der Waals surface area contributed by atoms with Crippen molar-refractivity contribution < 1.29 is 5.11 Å². The van der Waals surface area contributed by atoms with Gasteiger partial charge in [0, 0.05) is 0 Å². The second-order valence-corrected chi connectivity index (χ2v) is 5.73. The highest BCUT2D eigenvalue weighted by Crippen LogP contribution is 2.09. The molecule has 1 unspecified atom stereocenters. The van der Waals surface area contributed by atoms with Crippen LogP contribution in [0.1, 0.15) is 97.3 Å². The summed E-state index contributed by atoms with van der Waals surface area (Å²) < 4.78 is 0. The fourth-order valence-corrected chi connectivity index (χ4v) is 2.30. The van der Waals surface area contributed by atoms with E-state index in [9.17, 15) is 5.11 Å². The van der Waals surface area contributed by atoms with E-state index in [4.69, 9.17) is 0 Å². The Morgan fingerprint density at radius 3 is 1.84 bits per heavy atom. The minimum atomic E-state index is -0.0664. The molecule has 0 bridgehead atoms. The Balaban J connectivity index is 3.09. The number of allylic oxidation sites excluding steroid dienone is 2. The van der Waals surface area contributed by atoms with Crippen molar-refractivity contribution in [1.82, 2.24) is 0 Å². The zero-order chi connectivity index (χ0) is 14.2. The average Bonchev–Trinajstić information content (AvgIpc) is 2.43. The van der Waals surface area contributed by atoms with Gasteiger partial charge in [-0.25, -0.2) is 0 Å². The lowest BCUT2D eigenvalue weighted by Crippen LogP contribution is -2.03. The normalized spacial score (nSPS) is 13.2. The molecule has 1 heteroatoms. The molecule has 0 amide bonds. The van der Waals surface area contributed by atoms with Gasteiger partial charge >= 0.3 is 0 Å². The summed E-state index contributed by atoms with van der Waals surface area (Å²) in [5.74, 6) is 0. The number of aliphatic hydroxyl groups excluding tert-OH is 1. The predicted molar refractivity (Wildman–Crippen MR) is 86.5 cm³/mol. The Kier molecular flexibility index (Phi) is 15.5. The number of hydrogen-bond acceptors (Lipinski definition) is 1. The molecule has 0 heterocycles. The van der Waals surface area contributed by atoms with Crippen molar-refractivity contribution in [2.24, 2.45) is 0 Å². The number of rotatable bonds is 14. The lowest BCUT2D eigenvalue weighted by atomic mass is 10.1. The lowest BCUT2D eigenvalue weighted by Gasteiger charge is -2.05. The molecule has 19 heavy (non-hydrogen) atoms. The first-order valence-corrected chi connectivity index (χ1v) is 8.64. The van der Waals surface area contributed by atoms with Gasteiger partial charge < -0.3 is 5.11 Å². The van der Waals surface area contributed by atoms with Gasteiger partial charge in [-0.3, -0.25) is 0 Å². The van der Waals surface area contributed by atoms with Crippen LogP contribution in [-0.2, 0) is 0 Å². The molecule has 1 N–H and O–H groups in total. The van der Waals surface area contributed by atoms with Crippen LogP contribution >= 0.6 is 0 Å². The van der Waals surface area contributed by atoms with Crippen molar-refractivity contribution >= 4 is 0 Å². The molecular formula is C18H36O. The highest BCUT2D eigenvalue weighted by Gasteiger charge is 1.98. The van der Waals surface area contributed by atoms with Crippen LogP contribution in [0.3, 0.4) is 0 Å². The molecule has 0 saturated carbocycles. The van der Waals surface area contributed by atoms with Crippen molar-refractivity contribution in [3.63, 3.8) is 0 Å². The molecule has 1 atom stereocenters. The Bertz CT molecular complexity index is 186. The van der Waals surface area contributed by atoms with E-state index >= 15 is 0 Å². The molecule has 0 aliphatic carbocycles. The molecule has 114 valence electrons. The first-order valence-electron chi connectivity index (χ1n) is 8.64. The average molecular weight is 268 g/mol. The van der Waals surface area contributed by atoms with E-state index in [2.05, 4.69) is 26.0 Å². The van der Waals surface area contributed by atoms with Gasteiger partial charge in [0.15, 0.2) is 0 Å². The van der Waals surface area contributed by atoms with E-state index in [-0.39, 0.29) is 6.10 Å². The van der Waals surface area contributed by atoms with Gasteiger partial charge in [-0.2, -0.15) is 0 Å². The van der Waals surface area contributed by atoms with Gasteiger partial charge in [0.2, 0.25) is 0 Å². The minimum absolute atomic E-state index is 0.0664. The Morgan fingerprint density at radius 1 is 0.737 bits per heavy atom. The zero-order valence-electron chi connectivity index (χ0n) is 13.4. The van der Waals surface area contributed by atoms with Crippen molar-refractivity contribution in [3.8, 4) is 0 Å². The van der Waals surface area contributed by atoms with Gasteiger partial charge in [0.05, 0.1) is 6.10 Å². The maximum Gasteiger partial charge on any atom is 0.0537 e. The molecular weight excluding hydrogens is 232 g/mol. The Hall–Kier alpha value is -0.300. The summed E-state index contributed by atoms with van der Waals surface area (Å²) in [5, 5.41) is 9.42. The summed E-state index contributed by atoms with van der Waals surface area (Å²) in [6.07, 6.45) is 21.1. The molecule has 0 saturated heterocycles. The summed E-state index contributed by atoms with van der Waals surface area (Å²) in [5.41, 5.74) is 0. The zero-order valence-corrected chi connectivity index (χ0v) is 13.4. The third-order valence-corrected chi connectivity index (χ3v) is 3.77. The second-order valence-electron chi connectivity index (χ2n) is 5.73. The fourth-order valence-electron chi connectivity index (χ4n) is 2.30.